The first-order valence-corrected chi connectivity index (χ1v) is 6.85. The van der Waals surface area contributed by atoms with Crippen molar-refractivity contribution in [3.63, 3.8) is 0 Å². The molecule has 84 valence electrons. The lowest BCUT2D eigenvalue weighted by atomic mass is 10.2. The Morgan fingerprint density at radius 2 is 2.07 bits per heavy atom. The minimum Gasteiger partial charge on any atom is -0.329 e. The molecule has 0 radical (unpaired) electrons. The summed E-state index contributed by atoms with van der Waals surface area (Å²) in [5.74, 6) is -0.0709. The largest absolute Gasteiger partial charge is 0.329 e. The fourth-order valence-electron chi connectivity index (χ4n) is 1.18. The van der Waals surface area contributed by atoms with Gasteiger partial charge in [0.15, 0.2) is 0 Å². The van der Waals surface area contributed by atoms with E-state index in [1.54, 1.807) is 12.1 Å². The molecule has 0 aliphatic rings. The van der Waals surface area contributed by atoms with Gasteiger partial charge >= 0.3 is 0 Å². The van der Waals surface area contributed by atoms with Crippen molar-refractivity contribution in [3.05, 3.63) is 28.2 Å². The highest BCUT2D eigenvalue weighted by Gasteiger charge is 2.09. The Balaban J connectivity index is 2.90. The molecule has 3 N–H and O–H groups in total. The van der Waals surface area contributed by atoms with Gasteiger partial charge in [-0.15, -0.1) is 0 Å². The molecule has 0 saturated heterocycles. The van der Waals surface area contributed by atoms with Crippen LogP contribution in [0.3, 0.4) is 0 Å². The Hall–Kier alpha value is -0.590. The number of halogens is 1. The molecule has 0 unspecified atom stereocenters. The summed E-state index contributed by atoms with van der Waals surface area (Å²) >= 11 is 3.30. The predicted molar refractivity (Wildman–Crippen MR) is 65.3 cm³/mol. The van der Waals surface area contributed by atoms with Gasteiger partial charge in [0.05, 0.1) is 5.75 Å². The summed E-state index contributed by atoms with van der Waals surface area (Å²) < 4.78 is 26.1. The standard InChI is InChI=1S/C9H13BrN2O2S/c1-7-4-8(10)6-9(5-7)12-15(13,14)3-2-11/h4-6,12H,2-3,11H2,1H3. The molecule has 0 spiro atoms. The summed E-state index contributed by atoms with van der Waals surface area (Å²) in [7, 11) is -3.31. The van der Waals surface area contributed by atoms with Gasteiger partial charge in [-0.2, -0.15) is 0 Å². The van der Waals surface area contributed by atoms with Gasteiger partial charge in [0.2, 0.25) is 10.0 Å². The molecule has 1 aromatic rings. The fraction of sp³-hybridized carbons (Fsp3) is 0.333. The smallest absolute Gasteiger partial charge is 0.233 e. The van der Waals surface area contributed by atoms with Crippen LogP contribution in [-0.4, -0.2) is 20.7 Å². The lowest BCUT2D eigenvalue weighted by Gasteiger charge is -2.08. The Bertz CT molecular complexity index is 425. The number of hydrogen-bond donors (Lipinski definition) is 2. The van der Waals surface area contributed by atoms with E-state index in [2.05, 4.69) is 20.7 Å². The van der Waals surface area contributed by atoms with Crippen LogP contribution >= 0.6 is 15.9 Å². The van der Waals surface area contributed by atoms with E-state index in [1.165, 1.54) is 0 Å². The van der Waals surface area contributed by atoms with Crippen LogP contribution in [0.15, 0.2) is 22.7 Å². The SMILES string of the molecule is Cc1cc(Br)cc(NS(=O)(=O)CCN)c1. The van der Waals surface area contributed by atoms with Crippen LogP contribution < -0.4 is 10.5 Å². The molecule has 0 heterocycles. The highest BCUT2D eigenvalue weighted by molar-refractivity contribution is 9.10. The van der Waals surface area contributed by atoms with Crippen LogP contribution in [0, 0.1) is 6.92 Å². The third-order valence-corrected chi connectivity index (χ3v) is 3.48. The number of nitrogens with one attached hydrogen (secondary N) is 1. The van der Waals surface area contributed by atoms with Crippen LogP contribution in [0.1, 0.15) is 5.56 Å². The van der Waals surface area contributed by atoms with Gasteiger partial charge in [0.25, 0.3) is 0 Å². The molecule has 0 aromatic heterocycles. The zero-order valence-corrected chi connectivity index (χ0v) is 10.7. The van der Waals surface area contributed by atoms with E-state index in [0.29, 0.717) is 5.69 Å². The number of anilines is 1. The average Bonchev–Trinajstić information content (AvgIpc) is 1.99. The lowest BCUT2D eigenvalue weighted by molar-refractivity contribution is 0.601. The van der Waals surface area contributed by atoms with Crippen molar-refractivity contribution in [2.24, 2.45) is 5.73 Å². The van der Waals surface area contributed by atoms with Crippen molar-refractivity contribution in [1.29, 1.82) is 0 Å². The third kappa shape index (κ3) is 4.19. The van der Waals surface area contributed by atoms with Gasteiger partial charge in [-0.05, 0) is 30.7 Å². The Kier molecular flexibility index (Phi) is 4.12. The van der Waals surface area contributed by atoms with Crippen molar-refractivity contribution in [2.75, 3.05) is 17.0 Å². The second-order valence-corrected chi connectivity index (χ2v) is 5.98. The topological polar surface area (TPSA) is 72.2 Å². The number of nitrogens with two attached hydrogens (primary N) is 1. The van der Waals surface area contributed by atoms with Crippen LogP contribution in [0.25, 0.3) is 0 Å². The number of rotatable bonds is 4. The molecule has 0 saturated carbocycles. The second-order valence-electron chi connectivity index (χ2n) is 3.23. The van der Waals surface area contributed by atoms with Gasteiger partial charge in [0, 0.05) is 16.7 Å². The van der Waals surface area contributed by atoms with Crippen molar-refractivity contribution in [2.45, 2.75) is 6.92 Å². The number of aryl methyl sites for hydroxylation is 1. The molecule has 6 heteroatoms. The molecule has 0 aliphatic carbocycles. The van der Waals surface area contributed by atoms with E-state index in [0.717, 1.165) is 10.0 Å². The monoisotopic (exact) mass is 292 g/mol. The van der Waals surface area contributed by atoms with Gasteiger partial charge in [-0.1, -0.05) is 15.9 Å². The first-order valence-electron chi connectivity index (χ1n) is 4.41. The van der Waals surface area contributed by atoms with Crippen molar-refractivity contribution in [1.82, 2.24) is 0 Å². The first-order chi connectivity index (χ1) is 6.93. The highest BCUT2D eigenvalue weighted by atomic mass is 79.9. The summed E-state index contributed by atoms with van der Waals surface area (Å²) in [6.45, 7) is 2.01. The minimum atomic E-state index is -3.31. The maximum Gasteiger partial charge on any atom is 0.233 e. The van der Waals surface area contributed by atoms with Gasteiger partial charge in [0.1, 0.15) is 0 Å². The zero-order valence-electron chi connectivity index (χ0n) is 8.33. The number of hydrogen-bond acceptors (Lipinski definition) is 3. The van der Waals surface area contributed by atoms with Crippen LogP contribution in [0.4, 0.5) is 5.69 Å². The fourth-order valence-corrected chi connectivity index (χ4v) is 2.68. The Morgan fingerprint density at radius 3 is 2.60 bits per heavy atom. The van der Waals surface area contributed by atoms with Gasteiger partial charge in [-0.3, -0.25) is 4.72 Å². The normalized spacial score (nSPS) is 11.4. The molecule has 1 aromatic carbocycles. The Labute approximate surface area is 98.0 Å². The molecule has 0 amide bonds. The summed E-state index contributed by atoms with van der Waals surface area (Å²) in [5, 5.41) is 0. The molecule has 15 heavy (non-hydrogen) atoms. The molecule has 0 bridgehead atoms. The van der Waals surface area contributed by atoms with Gasteiger partial charge in [-0.25, -0.2) is 8.42 Å². The highest BCUT2D eigenvalue weighted by Crippen LogP contribution is 2.19. The van der Waals surface area contributed by atoms with Crippen molar-refractivity contribution >= 4 is 31.6 Å². The molecular weight excluding hydrogens is 280 g/mol. The van der Waals surface area contributed by atoms with E-state index >= 15 is 0 Å². The van der Waals surface area contributed by atoms with E-state index in [4.69, 9.17) is 5.73 Å². The van der Waals surface area contributed by atoms with Crippen molar-refractivity contribution in [3.8, 4) is 0 Å². The lowest BCUT2D eigenvalue weighted by Crippen LogP contribution is -2.22. The maximum atomic E-state index is 11.4. The molecule has 0 fully saturated rings. The van der Waals surface area contributed by atoms with E-state index in [1.807, 2.05) is 13.0 Å². The maximum absolute atomic E-state index is 11.4. The summed E-state index contributed by atoms with van der Waals surface area (Å²) in [5.41, 5.74) is 6.73. The third-order valence-electron chi connectivity index (χ3n) is 1.70. The molecule has 0 atom stereocenters. The first kappa shape index (κ1) is 12.5. The van der Waals surface area contributed by atoms with E-state index < -0.39 is 10.0 Å². The molecule has 1 rings (SSSR count). The van der Waals surface area contributed by atoms with Crippen molar-refractivity contribution < 1.29 is 8.42 Å². The number of sulfonamides is 1. The van der Waals surface area contributed by atoms with Gasteiger partial charge < -0.3 is 5.73 Å². The minimum absolute atomic E-state index is 0.0709. The van der Waals surface area contributed by atoms with E-state index in [9.17, 15) is 8.42 Å². The van der Waals surface area contributed by atoms with Crippen LogP contribution in [0.2, 0.25) is 0 Å². The average molecular weight is 293 g/mol. The molecule has 4 nitrogen and oxygen atoms in total. The summed E-state index contributed by atoms with van der Waals surface area (Å²) in [4.78, 5) is 0. The number of benzene rings is 1. The summed E-state index contributed by atoms with van der Waals surface area (Å²) in [6, 6.07) is 5.38. The second kappa shape index (κ2) is 4.96. The molecular formula is C9H13BrN2O2S. The van der Waals surface area contributed by atoms with E-state index in [-0.39, 0.29) is 12.3 Å². The predicted octanol–water partition coefficient (Wildman–Crippen LogP) is 1.46. The molecule has 0 aliphatic heterocycles. The van der Waals surface area contributed by atoms with Crippen LogP contribution in [-0.2, 0) is 10.0 Å². The van der Waals surface area contributed by atoms with Crippen LogP contribution in [0.5, 0.6) is 0 Å². The summed E-state index contributed by atoms with van der Waals surface area (Å²) in [6.07, 6.45) is 0. The zero-order chi connectivity index (χ0) is 11.5. The quantitative estimate of drug-likeness (QED) is 0.882. The Morgan fingerprint density at radius 1 is 1.40 bits per heavy atom.